The summed E-state index contributed by atoms with van der Waals surface area (Å²) in [7, 11) is 1.15. The standard InChI is InChI=1S/C18H28F3N3O5/c1-9(2)12(14(25)18(19,20)21)22-15(26)11-7-6-8-24(11)16(27)13(10(3)4)23-17(28)29-5/h9-13H,6-8H2,1-5H3,(H,22,26)(H,23,28)/t11-,12-,13+/m0/s1. The summed E-state index contributed by atoms with van der Waals surface area (Å²) < 4.78 is 43.0. The van der Waals surface area contributed by atoms with Crippen molar-refractivity contribution in [3.05, 3.63) is 0 Å². The molecule has 0 aliphatic carbocycles. The maximum atomic E-state index is 12.9. The van der Waals surface area contributed by atoms with Crippen LogP contribution >= 0.6 is 0 Å². The zero-order valence-corrected chi connectivity index (χ0v) is 17.1. The minimum absolute atomic E-state index is 0.211. The number of Topliss-reactive ketones (excluding diaryl/α,β-unsaturated/α-hetero) is 1. The molecule has 2 N–H and O–H groups in total. The number of ether oxygens (including phenoxy) is 1. The summed E-state index contributed by atoms with van der Waals surface area (Å²) >= 11 is 0. The highest BCUT2D eigenvalue weighted by molar-refractivity contribution is 5.96. The van der Waals surface area contributed by atoms with Crippen molar-refractivity contribution in [2.45, 2.75) is 64.8 Å². The first-order valence-electron chi connectivity index (χ1n) is 9.37. The third-order valence-corrected chi connectivity index (χ3v) is 4.76. The first-order valence-corrected chi connectivity index (χ1v) is 9.37. The molecule has 1 saturated heterocycles. The van der Waals surface area contributed by atoms with Crippen molar-refractivity contribution < 1.29 is 37.1 Å². The van der Waals surface area contributed by atoms with E-state index < -0.39 is 53.9 Å². The fourth-order valence-electron chi connectivity index (χ4n) is 3.14. The summed E-state index contributed by atoms with van der Waals surface area (Å²) in [5, 5.41) is 4.57. The smallest absolute Gasteiger partial charge is 0.452 e. The molecule has 29 heavy (non-hydrogen) atoms. The van der Waals surface area contributed by atoms with Gasteiger partial charge in [-0.15, -0.1) is 0 Å². The van der Waals surface area contributed by atoms with Gasteiger partial charge >= 0.3 is 12.3 Å². The van der Waals surface area contributed by atoms with Crippen LogP contribution in [0.25, 0.3) is 0 Å². The van der Waals surface area contributed by atoms with Crippen LogP contribution in [0.5, 0.6) is 0 Å². The molecular formula is C18H28F3N3O5. The van der Waals surface area contributed by atoms with Crippen LogP contribution in [0.15, 0.2) is 0 Å². The highest BCUT2D eigenvalue weighted by Crippen LogP contribution is 2.24. The number of hydrogen-bond acceptors (Lipinski definition) is 5. The van der Waals surface area contributed by atoms with Crippen molar-refractivity contribution in [3.8, 4) is 0 Å². The third kappa shape index (κ3) is 6.33. The van der Waals surface area contributed by atoms with Crippen molar-refractivity contribution >= 4 is 23.7 Å². The van der Waals surface area contributed by atoms with Gasteiger partial charge in [-0.1, -0.05) is 27.7 Å². The number of nitrogens with one attached hydrogen (secondary N) is 2. The number of halogens is 3. The van der Waals surface area contributed by atoms with Gasteiger partial charge in [-0.3, -0.25) is 14.4 Å². The van der Waals surface area contributed by atoms with Gasteiger partial charge in [0.15, 0.2) is 0 Å². The Bertz CT molecular complexity index is 637. The molecule has 0 aromatic carbocycles. The SMILES string of the molecule is COC(=O)N[C@@H](C(=O)N1CCC[C@H]1C(=O)N[C@H](C(=O)C(F)(F)F)C(C)C)C(C)C. The highest BCUT2D eigenvalue weighted by Gasteiger charge is 2.46. The Morgan fingerprint density at radius 2 is 1.55 bits per heavy atom. The first kappa shape index (κ1) is 24.7. The molecule has 11 heteroatoms. The molecule has 0 aromatic rings. The number of ketones is 1. The van der Waals surface area contributed by atoms with Gasteiger partial charge < -0.3 is 20.3 Å². The van der Waals surface area contributed by atoms with Crippen LogP contribution < -0.4 is 10.6 Å². The summed E-state index contributed by atoms with van der Waals surface area (Å²) in [6.45, 7) is 6.38. The van der Waals surface area contributed by atoms with E-state index in [1.165, 1.54) is 18.7 Å². The van der Waals surface area contributed by atoms with Gasteiger partial charge in [-0.2, -0.15) is 13.2 Å². The van der Waals surface area contributed by atoms with Crippen LogP contribution in [0.4, 0.5) is 18.0 Å². The normalized spacial score (nSPS) is 19.1. The number of carbonyl (C=O) groups excluding carboxylic acids is 4. The Hall–Kier alpha value is -2.33. The molecule has 0 radical (unpaired) electrons. The third-order valence-electron chi connectivity index (χ3n) is 4.76. The number of amides is 3. The summed E-state index contributed by atoms with van der Waals surface area (Å²) in [6, 6.07) is -3.73. The Kier molecular flexibility index (Phi) is 8.46. The van der Waals surface area contributed by atoms with Crippen molar-refractivity contribution in [1.29, 1.82) is 0 Å². The number of alkyl halides is 3. The van der Waals surface area contributed by atoms with Crippen LogP contribution in [0.1, 0.15) is 40.5 Å². The van der Waals surface area contributed by atoms with E-state index in [0.717, 1.165) is 7.11 Å². The molecule has 0 bridgehead atoms. The summed E-state index contributed by atoms with van der Waals surface area (Å²) in [5.41, 5.74) is 0. The summed E-state index contributed by atoms with van der Waals surface area (Å²) in [4.78, 5) is 49.9. The Labute approximate surface area is 167 Å². The lowest BCUT2D eigenvalue weighted by Crippen LogP contribution is -2.58. The van der Waals surface area contributed by atoms with Crippen LogP contribution in [-0.2, 0) is 19.1 Å². The number of methoxy groups -OCH3 is 1. The van der Waals surface area contributed by atoms with Gasteiger partial charge in [0, 0.05) is 6.54 Å². The number of carbonyl (C=O) groups is 4. The number of likely N-dealkylation sites (tertiary alicyclic amines) is 1. The maximum absolute atomic E-state index is 12.9. The van der Waals surface area contributed by atoms with Gasteiger partial charge in [0.25, 0.3) is 5.78 Å². The molecule has 0 aromatic heterocycles. The van der Waals surface area contributed by atoms with E-state index in [0.29, 0.717) is 6.42 Å². The number of rotatable bonds is 7. The molecule has 0 saturated carbocycles. The molecule has 166 valence electrons. The average molecular weight is 423 g/mol. The van der Waals surface area contributed by atoms with Gasteiger partial charge in [-0.05, 0) is 24.7 Å². The lowest BCUT2D eigenvalue weighted by molar-refractivity contribution is -0.175. The minimum Gasteiger partial charge on any atom is -0.453 e. The van der Waals surface area contributed by atoms with Crippen LogP contribution in [-0.4, -0.2) is 66.5 Å². The molecule has 1 heterocycles. The lowest BCUT2D eigenvalue weighted by atomic mass is 9.98. The van der Waals surface area contributed by atoms with Gasteiger partial charge in [0.2, 0.25) is 11.8 Å². The zero-order chi connectivity index (χ0) is 22.5. The second-order valence-corrected chi connectivity index (χ2v) is 7.64. The Morgan fingerprint density at radius 3 is 2.00 bits per heavy atom. The van der Waals surface area contributed by atoms with Crippen molar-refractivity contribution in [1.82, 2.24) is 15.5 Å². The topological polar surface area (TPSA) is 105 Å². The van der Waals surface area contributed by atoms with Crippen molar-refractivity contribution in [3.63, 3.8) is 0 Å². The fraction of sp³-hybridized carbons (Fsp3) is 0.778. The second-order valence-electron chi connectivity index (χ2n) is 7.64. The lowest BCUT2D eigenvalue weighted by Gasteiger charge is -2.31. The molecule has 0 unspecified atom stereocenters. The van der Waals surface area contributed by atoms with Crippen LogP contribution in [0.2, 0.25) is 0 Å². The van der Waals surface area contributed by atoms with E-state index in [1.807, 2.05) is 0 Å². The number of alkyl carbamates (subject to hydrolysis) is 1. The first-order chi connectivity index (χ1) is 13.3. The molecule has 8 nitrogen and oxygen atoms in total. The van der Waals surface area contributed by atoms with E-state index in [-0.39, 0.29) is 18.9 Å². The van der Waals surface area contributed by atoms with E-state index in [2.05, 4.69) is 15.4 Å². The fourth-order valence-corrected chi connectivity index (χ4v) is 3.14. The zero-order valence-electron chi connectivity index (χ0n) is 17.1. The largest absolute Gasteiger partial charge is 0.453 e. The quantitative estimate of drug-likeness (QED) is 0.648. The Morgan fingerprint density at radius 1 is 1.00 bits per heavy atom. The molecule has 1 rings (SSSR count). The van der Waals surface area contributed by atoms with Gasteiger partial charge in [-0.25, -0.2) is 4.79 Å². The van der Waals surface area contributed by atoms with Crippen molar-refractivity contribution in [2.24, 2.45) is 11.8 Å². The van der Waals surface area contributed by atoms with Gasteiger partial charge in [0.1, 0.15) is 12.1 Å². The van der Waals surface area contributed by atoms with Crippen LogP contribution in [0.3, 0.4) is 0 Å². The molecule has 1 fully saturated rings. The van der Waals surface area contributed by atoms with E-state index >= 15 is 0 Å². The summed E-state index contributed by atoms with van der Waals surface area (Å²) in [6.07, 6.45) is -5.19. The molecule has 1 aliphatic heterocycles. The van der Waals surface area contributed by atoms with Gasteiger partial charge in [0.05, 0.1) is 13.2 Å². The summed E-state index contributed by atoms with van der Waals surface area (Å²) in [5.74, 6) is -4.51. The molecule has 3 atom stereocenters. The van der Waals surface area contributed by atoms with E-state index in [1.54, 1.807) is 13.8 Å². The molecule has 3 amide bonds. The highest BCUT2D eigenvalue weighted by atomic mass is 19.4. The van der Waals surface area contributed by atoms with Crippen LogP contribution in [0, 0.1) is 11.8 Å². The van der Waals surface area contributed by atoms with Crippen molar-refractivity contribution in [2.75, 3.05) is 13.7 Å². The monoisotopic (exact) mass is 423 g/mol. The number of hydrogen-bond donors (Lipinski definition) is 2. The molecule has 1 aliphatic rings. The van der Waals surface area contributed by atoms with E-state index in [4.69, 9.17) is 0 Å². The maximum Gasteiger partial charge on any atom is 0.452 e. The molecular weight excluding hydrogens is 395 g/mol. The molecule has 0 spiro atoms. The van der Waals surface area contributed by atoms with E-state index in [9.17, 15) is 32.3 Å². The average Bonchev–Trinajstić information content (AvgIpc) is 3.11. The predicted octanol–water partition coefficient (Wildman–Crippen LogP) is 1.63. The Balaban J connectivity index is 2.99. The second kappa shape index (κ2) is 9.93. The minimum atomic E-state index is -5.08. The predicted molar refractivity (Wildman–Crippen MR) is 96.7 cm³/mol. The number of nitrogens with zero attached hydrogens (tertiary/aromatic N) is 1.